The van der Waals surface area contributed by atoms with E-state index in [1.54, 1.807) is 0 Å². The standard InChI is InChI=1S/C11H13ClN2/c12-11-4-1-7(6-13-11)9-5-8-2-3-10(9)14-8/h1,4,6,8-10,14H,2-3,5H2/t8-,9+,10-/m1/s1. The van der Waals surface area contributed by atoms with Crippen LogP contribution in [0, 0.1) is 0 Å². The van der Waals surface area contributed by atoms with Crippen molar-refractivity contribution in [2.45, 2.75) is 37.3 Å². The number of halogens is 1. The molecule has 14 heavy (non-hydrogen) atoms. The second kappa shape index (κ2) is 3.21. The van der Waals surface area contributed by atoms with Gasteiger partial charge in [0.2, 0.25) is 0 Å². The molecule has 0 unspecified atom stereocenters. The Hall–Kier alpha value is -0.600. The van der Waals surface area contributed by atoms with Crippen LogP contribution in [0.2, 0.25) is 5.15 Å². The van der Waals surface area contributed by atoms with Gasteiger partial charge in [0.05, 0.1) is 0 Å². The van der Waals surface area contributed by atoms with Gasteiger partial charge in [-0.15, -0.1) is 0 Å². The summed E-state index contributed by atoms with van der Waals surface area (Å²) in [4.78, 5) is 4.14. The minimum absolute atomic E-state index is 0.588. The fourth-order valence-corrected chi connectivity index (χ4v) is 2.91. The number of pyridine rings is 1. The molecule has 2 bridgehead atoms. The molecule has 1 N–H and O–H groups in total. The van der Waals surface area contributed by atoms with E-state index in [2.05, 4.69) is 16.4 Å². The van der Waals surface area contributed by atoms with E-state index in [1.165, 1.54) is 24.8 Å². The van der Waals surface area contributed by atoms with Crippen LogP contribution in [0.3, 0.4) is 0 Å². The van der Waals surface area contributed by atoms with E-state index < -0.39 is 0 Å². The molecular weight excluding hydrogens is 196 g/mol. The fraction of sp³-hybridized carbons (Fsp3) is 0.545. The van der Waals surface area contributed by atoms with E-state index >= 15 is 0 Å². The SMILES string of the molecule is Clc1ccc([C@@H]2C[C@H]3CC[C@H]2N3)cn1. The van der Waals surface area contributed by atoms with Crippen LogP contribution in [0.1, 0.15) is 30.7 Å². The molecule has 0 spiro atoms. The summed E-state index contributed by atoms with van der Waals surface area (Å²) in [6, 6.07) is 5.44. The zero-order chi connectivity index (χ0) is 9.54. The topological polar surface area (TPSA) is 24.9 Å². The highest BCUT2D eigenvalue weighted by atomic mass is 35.5. The molecule has 3 heterocycles. The van der Waals surface area contributed by atoms with Crippen molar-refractivity contribution in [1.29, 1.82) is 0 Å². The first kappa shape index (κ1) is 8.69. The van der Waals surface area contributed by atoms with Crippen molar-refractivity contribution in [2.24, 2.45) is 0 Å². The maximum Gasteiger partial charge on any atom is 0.129 e. The second-order valence-corrected chi connectivity index (χ2v) is 4.69. The van der Waals surface area contributed by atoms with Crippen LogP contribution < -0.4 is 5.32 Å². The lowest BCUT2D eigenvalue weighted by atomic mass is 9.85. The lowest BCUT2D eigenvalue weighted by Gasteiger charge is -2.19. The molecular formula is C11H13ClN2. The largest absolute Gasteiger partial charge is 0.311 e. The average Bonchev–Trinajstić information content (AvgIpc) is 2.80. The van der Waals surface area contributed by atoms with Gasteiger partial charge in [-0.2, -0.15) is 0 Å². The average molecular weight is 209 g/mol. The summed E-state index contributed by atoms with van der Waals surface area (Å²) < 4.78 is 0. The molecule has 0 amide bonds. The van der Waals surface area contributed by atoms with Crippen LogP contribution in [-0.2, 0) is 0 Å². The summed E-state index contributed by atoms with van der Waals surface area (Å²) >= 11 is 5.77. The van der Waals surface area contributed by atoms with E-state index in [-0.39, 0.29) is 0 Å². The Morgan fingerprint density at radius 1 is 1.36 bits per heavy atom. The van der Waals surface area contributed by atoms with Gasteiger partial charge in [-0.3, -0.25) is 0 Å². The maximum absolute atomic E-state index is 5.77. The molecule has 0 radical (unpaired) electrons. The molecule has 3 heteroatoms. The minimum Gasteiger partial charge on any atom is -0.311 e. The first-order valence-corrected chi connectivity index (χ1v) is 5.58. The van der Waals surface area contributed by atoms with Gasteiger partial charge in [0.25, 0.3) is 0 Å². The van der Waals surface area contributed by atoms with Gasteiger partial charge in [0, 0.05) is 24.2 Å². The third-order valence-electron chi connectivity index (χ3n) is 3.48. The smallest absolute Gasteiger partial charge is 0.129 e. The second-order valence-electron chi connectivity index (χ2n) is 4.30. The van der Waals surface area contributed by atoms with Crippen LogP contribution in [0.15, 0.2) is 18.3 Å². The van der Waals surface area contributed by atoms with Crippen molar-refractivity contribution in [3.05, 3.63) is 29.0 Å². The van der Waals surface area contributed by atoms with Crippen molar-refractivity contribution in [3.63, 3.8) is 0 Å². The zero-order valence-corrected chi connectivity index (χ0v) is 8.67. The van der Waals surface area contributed by atoms with Crippen molar-refractivity contribution >= 4 is 11.6 Å². The molecule has 0 aliphatic carbocycles. The van der Waals surface area contributed by atoms with Crippen LogP contribution >= 0.6 is 11.6 Å². The van der Waals surface area contributed by atoms with Gasteiger partial charge in [-0.25, -0.2) is 4.98 Å². The molecule has 2 aliphatic rings. The maximum atomic E-state index is 5.77. The molecule has 1 aromatic heterocycles. The molecule has 3 atom stereocenters. The predicted molar refractivity (Wildman–Crippen MR) is 56.6 cm³/mol. The van der Waals surface area contributed by atoms with Crippen molar-refractivity contribution in [3.8, 4) is 0 Å². The van der Waals surface area contributed by atoms with Crippen molar-refractivity contribution in [1.82, 2.24) is 10.3 Å². The third kappa shape index (κ3) is 1.33. The fourth-order valence-electron chi connectivity index (χ4n) is 2.80. The number of nitrogens with one attached hydrogen (secondary N) is 1. The molecule has 74 valence electrons. The zero-order valence-electron chi connectivity index (χ0n) is 7.91. The number of hydrogen-bond donors (Lipinski definition) is 1. The summed E-state index contributed by atoms with van der Waals surface area (Å²) in [5.74, 6) is 0.665. The minimum atomic E-state index is 0.588. The Bertz CT molecular complexity index is 336. The molecule has 2 nitrogen and oxygen atoms in total. The normalized spacial score (nSPS) is 35.1. The van der Waals surface area contributed by atoms with Crippen LogP contribution in [0.4, 0.5) is 0 Å². The van der Waals surface area contributed by atoms with Gasteiger partial charge >= 0.3 is 0 Å². The van der Waals surface area contributed by atoms with Crippen LogP contribution in [-0.4, -0.2) is 17.1 Å². The molecule has 2 aliphatic heterocycles. The Morgan fingerprint density at radius 3 is 2.86 bits per heavy atom. The number of nitrogens with zero attached hydrogens (tertiary/aromatic N) is 1. The molecule has 0 aromatic carbocycles. The monoisotopic (exact) mass is 208 g/mol. The van der Waals surface area contributed by atoms with E-state index in [0.717, 1.165) is 6.04 Å². The first-order valence-electron chi connectivity index (χ1n) is 5.20. The predicted octanol–water partition coefficient (Wildman–Crippen LogP) is 2.34. The Balaban J connectivity index is 1.86. The number of fused-ring (bicyclic) bond motifs is 2. The first-order chi connectivity index (χ1) is 6.83. The van der Waals surface area contributed by atoms with Crippen LogP contribution in [0.5, 0.6) is 0 Å². The summed E-state index contributed by atoms with van der Waals surface area (Å²) in [5, 5.41) is 4.22. The van der Waals surface area contributed by atoms with Gasteiger partial charge in [0.15, 0.2) is 0 Å². The summed E-state index contributed by atoms with van der Waals surface area (Å²) in [5.41, 5.74) is 1.34. The summed E-state index contributed by atoms with van der Waals surface area (Å²) in [6.07, 6.45) is 5.86. The third-order valence-corrected chi connectivity index (χ3v) is 3.70. The van der Waals surface area contributed by atoms with Crippen molar-refractivity contribution < 1.29 is 0 Å². The number of rotatable bonds is 1. The van der Waals surface area contributed by atoms with E-state index in [9.17, 15) is 0 Å². The lowest BCUT2D eigenvalue weighted by Crippen LogP contribution is -2.21. The molecule has 3 rings (SSSR count). The Morgan fingerprint density at radius 2 is 2.29 bits per heavy atom. The Labute approximate surface area is 88.7 Å². The summed E-state index contributed by atoms with van der Waals surface area (Å²) in [7, 11) is 0. The highest BCUT2D eigenvalue weighted by molar-refractivity contribution is 6.29. The molecule has 0 saturated carbocycles. The highest BCUT2D eigenvalue weighted by Gasteiger charge is 2.39. The Kier molecular flexibility index (Phi) is 1.99. The van der Waals surface area contributed by atoms with Gasteiger partial charge in [-0.1, -0.05) is 17.7 Å². The number of aromatic nitrogens is 1. The lowest BCUT2D eigenvalue weighted by molar-refractivity contribution is 0.505. The molecule has 2 fully saturated rings. The quantitative estimate of drug-likeness (QED) is 0.717. The van der Waals surface area contributed by atoms with E-state index in [1.807, 2.05) is 12.3 Å². The highest BCUT2D eigenvalue weighted by Crippen LogP contribution is 2.39. The number of hydrogen-bond acceptors (Lipinski definition) is 2. The van der Waals surface area contributed by atoms with Crippen LogP contribution in [0.25, 0.3) is 0 Å². The molecule has 1 aromatic rings. The van der Waals surface area contributed by atoms with Gasteiger partial charge in [0.1, 0.15) is 5.15 Å². The van der Waals surface area contributed by atoms with E-state index in [4.69, 9.17) is 11.6 Å². The van der Waals surface area contributed by atoms with E-state index in [0.29, 0.717) is 17.1 Å². The van der Waals surface area contributed by atoms with Gasteiger partial charge in [-0.05, 0) is 30.9 Å². The van der Waals surface area contributed by atoms with Crippen molar-refractivity contribution in [2.75, 3.05) is 0 Å². The molecule has 2 saturated heterocycles. The summed E-state index contributed by atoms with van der Waals surface area (Å²) in [6.45, 7) is 0. The van der Waals surface area contributed by atoms with Gasteiger partial charge < -0.3 is 5.32 Å².